The van der Waals surface area contributed by atoms with Crippen molar-refractivity contribution in [1.82, 2.24) is 4.90 Å². The third-order valence-electron chi connectivity index (χ3n) is 5.29. The second kappa shape index (κ2) is 8.95. The van der Waals surface area contributed by atoms with Gasteiger partial charge in [0.25, 0.3) is 5.91 Å². The number of nitrogens with zero attached hydrogens (tertiary/aromatic N) is 1. The molecule has 0 unspecified atom stereocenters. The summed E-state index contributed by atoms with van der Waals surface area (Å²) in [5.41, 5.74) is 0.790. The van der Waals surface area contributed by atoms with Gasteiger partial charge in [0.2, 0.25) is 0 Å². The Bertz CT molecular complexity index is 1070. The summed E-state index contributed by atoms with van der Waals surface area (Å²) in [4.78, 5) is 38.9. The van der Waals surface area contributed by atoms with E-state index >= 15 is 0 Å². The molecule has 0 bridgehead atoms. The Labute approximate surface area is 178 Å². The Balaban J connectivity index is 1.31. The molecule has 1 fully saturated rings. The summed E-state index contributed by atoms with van der Waals surface area (Å²) in [6, 6.07) is 14.9. The van der Waals surface area contributed by atoms with Crippen molar-refractivity contribution >= 4 is 17.7 Å². The molecule has 1 saturated heterocycles. The molecule has 1 aliphatic heterocycles. The molecule has 0 aliphatic carbocycles. The minimum Gasteiger partial charge on any atom is -0.459 e. The first-order chi connectivity index (χ1) is 15.0. The predicted molar refractivity (Wildman–Crippen MR) is 109 cm³/mol. The van der Waals surface area contributed by atoms with Gasteiger partial charge in [-0.25, -0.2) is 4.39 Å². The highest BCUT2D eigenvalue weighted by molar-refractivity contribution is 6.09. The van der Waals surface area contributed by atoms with Crippen LogP contribution in [0.2, 0.25) is 0 Å². The van der Waals surface area contributed by atoms with Crippen LogP contribution in [0.15, 0.2) is 71.3 Å². The molecule has 7 heteroatoms. The van der Waals surface area contributed by atoms with Gasteiger partial charge in [-0.15, -0.1) is 0 Å². The third kappa shape index (κ3) is 4.71. The van der Waals surface area contributed by atoms with Gasteiger partial charge in [-0.2, -0.15) is 0 Å². The Hall–Kier alpha value is -3.74. The van der Waals surface area contributed by atoms with Crippen LogP contribution in [-0.4, -0.2) is 35.6 Å². The number of rotatable bonds is 5. The zero-order chi connectivity index (χ0) is 21.8. The fourth-order valence-electron chi connectivity index (χ4n) is 3.52. The zero-order valence-corrected chi connectivity index (χ0v) is 16.6. The number of halogens is 1. The molecule has 1 amide bonds. The first-order valence-electron chi connectivity index (χ1n) is 9.96. The number of ether oxygens (including phenoxy) is 1. The van der Waals surface area contributed by atoms with Crippen LogP contribution in [0.25, 0.3) is 0 Å². The van der Waals surface area contributed by atoms with Gasteiger partial charge in [0.05, 0.1) is 12.2 Å². The summed E-state index contributed by atoms with van der Waals surface area (Å²) in [5.74, 6) is -0.866. The standard InChI is InChI=1S/C24H20FNO5/c25-19-7-3-16(4-8-19)22(27)17-5-9-20(10-6-17)31-24(29)18-11-13-26(14-12-18)23(28)21-2-1-15-30-21/h1-10,15,18H,11-14H2. The molecule has 2 aromatic carbocycles. The van der Waals surface area contributed by atoms with Crippen LogP contribution in [0.1, 0.15) is 39.3 Å². The number of ketones is 1. The highest BCUT2D eigenvalue weighted by Crippen LogP contribution is 2.23. The number of carbonyl (C=O) groups excluding carboxylic acids is 3. The fraction of sp³-hybridized carbons (Fsp3) is 0.208. The number of likely N-dealkylation sites (tertiary alicyclic amines) is 1. The molecule has 0 N–H and O–H groups in total. The SMILES string of the molecule is O=C(c1ccc(F)cc1)c1ccc(OC(=O)C2CCN(C(=O)c3ccco3)CC2)cc1. The summed E-state index contributed by atoms with van der Waals surface area (Å²) < 4.78 is 23.6. The number of hydrogen-bond acceptors (Lipinski definition) is 5. The van der Waals surface area contributed by atoms with E-state index in [9.17, 15) is 18.8 Å². The molecular formula is C24H20FNO5. The molecule has 158 valence electrons. The molecule has 0 atom stereocenters. The summed E-state index contributed by atoms with van der Waals surface area (Å²) in [6.45, 7) is 0.898. The average Bonchev–Trinajstić information content (AvgIpc) is 3.34. The Morgan fingerprint density at radius 1 is 0.903 bits per heavy atom. The topological polar surface area (TPSA) is 76.8 Å². The Kier molecular flexibility index (Phi) is 5.93. The van der Waals surface area contributed by atoms with Crippen LogP contribution in [0.5, 0.6) is 5.75 Å². The van der Waals surface area contributed by atoms with E-state index in [4.69, 9.17) is 9.15 Å². The van der Waals surface area contributed by atoms with Gasteiger partial charge in [0, 0.05) is 24.2 Å². The number of piperidine rings is 1. The van der Waals surface area contributed by atoms with E-state index in [0.717, 1.165) is 0 Å². The molecule has 3 aromatic rings. The van der Waals surface area contributed by atoms with Gasteiger partial charge >= 0.3 is 5.97 Å². The quantitative estimate of drug-likeness (QED) is 0.352. The largest absolute Gasteiger partial charge is 0.459 e. The molecule has 0 spiro atoms. The summed E-state index contributed by atoms with van der Waals surface area (Å²) >= 11 is 0. The van der Waals surface area contributed by atoms with Crippen molar-refractivity contribution < 1.29 is 27.9 Å². The van der Waals surface area contributed by atoms with Gasteiger partial charge in [-0.1, -0.05) is 0 Å². The van der Waals surface area contributed by atoms with Crippen LogP contribution in [0, 0.1) is 11.7 Å². The second-order valence-electron chi connectivity index (χ2n) is 7.33. The van der Waals surface area contributed by atoms with Crippen LogP contribution in [-0.2, 0) is 4.79 Å². The molecule has 6 nitrogen and oxygen atoms in total. The molecule has 2 heterocycles. The number of hydrogen-bond donors (Lipinski definition) is 0. The first-order valence-corrected chi connectivity index (χ1v) is 9.96. The summed E-state index contributed by atoms with van der Waals surface area (Å²) in [5, 5.41) is 0. The van der Waals surface area contributed by atoms with E-state index in [1.807, 2.05) is 0 Å². The molecule has 0 radical (unpaired) electrons. The second-order valence-corrected chi connectivity index (χ2v) is 7.33. The highest BCUT2D eigenvalue weighted by Gasteiger charge is 2.30. The number of amides is 1. The maximum absolute atomic E-state index is 13.0. The predicted octanol–water partition coefficient (Wildman–Crippen LogP) is 4.11. The van der Waals surface area contributed by atoms with E-state index < -0.39 is 5.82 Å². The maximum Gasteiger partial charge on any atom is 0.314 e. The minimum atomic E-state index is -0.407. The van der Waals surface area contributed by atoms with Crippen molar-refractivity contribution in [3.05, 3.63) is 89.6 Å². The number of carbonyl (C=O) groups is 3. The molecule has 4 rings (SSSR count). The highest BCUT2D eigenvalue weighted by atomic mass is 19.1. The van der Waals surface area contributed by atoms with Gasteiger partial charge < -0.3 is 14.1 Å². The van der Waals surface area contributed by atoms with E-state index in [1.54, 1.807) is 41.3 Å². The third-order valence-corrected chi connectivity index (χ3v) is 5.29. The Morgan fingerprint density at radius 2 is 1.52 bits per heavy atom. The van der Waals surface area contributed by atoms with Gasteiger partial charge in [0.15, 0.2) is 11.5 Å². The van der Waals surface area contributed by atoms with Crippen LogP contribution < -0.4 is 4.74 Å². The molecule has 1 aliphatic rings. The lowest BCUT2D eigenvalue weighted by atomic mass is 9.97. The van der Waals surface area contributed by atoms with Crippen molar-refractivity contribution in [3.63, 3.8) is 0 Å². The van der Waals surface area contributed by atoms with Crippen molar-refractivity contribution in [2.75, 3.05) is 13.1 Å². The monoisotopic (exact) mass is 421 g/mol. The van der Waals surface area contributed by atoms with E-state index in [1.165, 1.54) is 30.5 Å². The molecule has 31 heavy (non-hydrogen) atoms. The smallest absolute Gasteiger partial charge is 0.314 e. The maximum atomic E-state index is 13.0. The lowest BCUT2D eigenvalue weighted by Crippen LogP contribution is -2.41. The molecular weight excluding hydrogens is 401 g/mol. The number of benzene rings is 2. The van der Waals surface area contributed by atoms with Crippen molar-refractivity contribution in [2.24, 2.45) is 5.92 Å². The van der Waals surface area contributed by atoms with Gasteiger partial charge in [0.1, 0.15) is 11.6 Å². The van der Waals surface area contributed by atoms with Crippen LogP contribution in [0.4, 0.5) is 4.39 Å². The Morgan fingerprint density at radius 3 is 2.10 bits per heavy atom. The van der Waals surface area contributed by atoms with Crippen LogP contribution >= 0.6 is 0 Å². The minimum absolute atomic E-state index is 0.182. The number of furan rings is 1. The van der Waals surface area contributed by atoms with Crippen molar-refractivity contribution in [2.45, 2.75) is 12.8 Å². The zero-order valence-electron chi connectivity index (χ0n) is 16.6. The molecule has 0 saturated carbocycles. The van der Waals surface area contributed by atoms with E-state index in [0.29, 0.717) is 42.8 Å². The fourth-order valence-corrected chi connectivity index (χ4v) is 3.52. The normalized spacial score (nSPS) is 14.3. The number of esters is 1. The van der Waals surface area contributed by atoms with Crippen LogP contribution in [0.3, 0.4) is 0 Å². The van der Waals surface area contributed by atoms with Gasteiger partial charge in [-0.05, 0) is 73.5 Å². The van der Waals surface area contributed by atoms with E-state index in [2.05, 4.69) is 0 Å². The average molecular weight is 421 g/mol. The summed E-state index contributed by atoms with van der Waals surface area (Å²) in [6.07, 6.45) is 2.47. The summed E-state index contributed by atoms with van der Waals surface area (Å²) in [7, 11) is 0. The van der Waals surface area contributed by atoms with Crippen molar-refractivity contribution in [1.29, 1.82) is 0 Å². The van der Waals surface area contributed by atoms with Gasteiger partial charge in [-0.3, -0.25) is 14.4 Å². The first kappa shape index (κ1) is 20.5. The lowest BCUT2D eigenvalue weighted by molar-refractivity contribution is -0.140. The van der Waals surface area contributed by atoms with E-state index in [-0.39, 0.29) is 29.3 Å². The molecule has 1 aromatic heterocycles. The lowest BCUT2D eigenvalue weighted by Gasteiger charge is -2.30. The van der Waals surface area contributed by atoms with Crippen molar-refractivity contribution in [3.8, 4) is 5.75 Å².